The monoisotopic (exact) mass is 317 g/mol. The number of halogens is 1. The number of carboxylic acid groups (broad SMARTS) is 1. The number of likely N-dealkylation sites (tertiary alicyclic amines) is 1. The molecule has 1 aliphatic heterocycles. The lowest BCUT2D eigenvalue weighted by Gasteiger charge is -2.37. The predicted molar refractivity (Wildman–Crippen MR) is 83.8 cm³/mol. The van der Waals surface area contributed by atoms with Gasteiger partial charge in [-0.1, -0.05) is 0 Å². The van der Waals surface area contributed by atoms with Gasteiger partial charge in [0.25, 0.3) is 0 Å². The highest BCUT2D eigenvalue weighted by Crippen LogP contribution is 2.25. The van der Waals surface area contributed by atoms with Crippen LogP contribution in [-0.2, 0) is 11.3 Å². The van der Waals surface area contributed by atoms with E-state index in [9.17, 15) is 14.3 Å². The molecule has 1 N–H and O–H groups in total. The molecule has 0 radical (unpaired) electrons. The molecule has 23 heavy (non-hydrogen) atoms. The molecule has 0 unspecified atom stereocenters. The maximum absolute atomic E-state index is 13.0. The number of piperidine rings is 1. The van der Waals surface area contributed by atoms with E-state index >= 15 is 0 Å². The Morgan fingerprint density at radius 3 is 2.83 bits per heavy atom. The van der Waals surface area contributed by atoms with Crippen molar-refractivity contribution in [2.45, 2.75) is 32.4 Å². The SMILES string of the molecule is C[C@@H]1[C@H](C(=O)O)CCCN1Cc1cnn(-c2ccc(F)cc2)c1. The van der Waals surface area contributed by atoms with Gasteiger partial charge < -0.3 is 5.11 Å². The Kier molecular flexibility index (Phi) is 4.43. The van der Waals surface area contributed by atoms with Crippen LogP contribution in [0.15, 0.2) is 36.7 Å². The summed E-state index contributed by atoms with van der Waals surface area (Å²) < 4.78 is 14.7. The van der Waals surface area contributed by atoms with Gasteiger partial charge in [-0.15, -0.1) is 0 Å². The van der Waals surface area contributed by atoms with E-state index in [4.69, 9.17) is 0 Å². The Morgan fingerprint density at radius 2 is 2.13 bits per heavy atom. The number of benzene rings is 1. The van der Waals surface area contributed by atoms with Gasteiger partial charge in [0.2, 0.25) is 0 Å². The molecule has 0 spiro atoms. The van der Waals surface area contributed by atoms with Crippen molar-refractivity contribution in [3.8, 4) is 5.69 Å². The number of aromatic nitrogens is 2. The zero-order valence-electron chi connectivity index (χ0n) is 13.0. The standard InChI is InChI=1S/C17H20FN3O2/c1-12-16(17(22)23)3-2-8-20(12)10-13-9-19-21(11-13)15-6-4-14(18)5-7-15/h4-7,9,11-12,16H,2-3,8,10H2,1H3,(H,22,23)/t12-,16-/m1/s1. The fourth-order valence-electron chi connectivity index (χ4n) is 3.18. The summed E-state index contributed by atoms with van der Waals surface area (Å²) in [4.78, 5) is 13.5. The number of aliphatic carboxylic acids is 1. The maximum atomic E-state index is 13.0. The molecule has 6 heteroatoms. The molecule has 1 saturated heterocycles. The van der Waals surface area contributed by atoms with E-state index in [0.29, 0.717) is 6.54 Å². The number of hydrogen-bond donors (Lipinski definition) is 1. The summed E-state index contributed by atoms with van der Waals surface area (Å²) in [6.45, 7) is 3.54. The third-order valence-electron chi connectivity index (χ3n) is 4.55. The largest absolute Gasteiger partial charge is 0.481 e. The second-order valence-electron chi connectivity index (χ2n) is 6.07. The van der Waals surface area contributed by atoms with Crippen LogP contribution in [0.3, 0.4) is 0 Å². The molecule has 1 fully saturated rings. The average molecular weight is 317 g/mol. The first-order chi connectivity index (χ1) is 11.0. The summed E-state index contributed by atoms with van der Waals surface area (Å²) in [5.74, 6) is -1.30. The highest BCUT2D eigenvalue weighted by molar-refractivity contribution is 5.70. The van der Waals surface area contributed by atoms with E-state index in [2.05, 4.69) is 10.00 Å². The molecule has 122 valence electrons. The van der Waals surface area contributed by atoms with Crippen LogP contribution in [0.4, 0.5) is 4.39 Å². The van der Waals surface area contributed by atoms with Crippen molar-refractivity contribution in [1.29, 1.82) is 0 Å². The summed E-state index contributed by atoms with van der Waals surface area (Å²) in [7, 11) is 0. The summed E-state index contributed by atoms with van der Waals surface area (Å²) in [5, 5.41) is 13.6. The summed E-state index contributed by atoms with van der Waals surface area (Å²) >= 11 is 0. The minimum atomic E-state index is -0.718. The molecule has 0 saturated carbocycles. The molecule has 2 aromatic rings. The van der Waals surface area contributed by atoms with Crippen molar-refractivity contribution in [3.05, 3.63) is 48.0 Å². The van der Waals surface area contributed by atoms with E-state index in [1.54, 1.807) is 23.0 Å². The van der Waals surface area contributed by atoms with Crippen LogP contribution in [-0.4, -0.2) is 38.3 Å². The van der Waals surface area contributed by atoms with Crippen LogP contribution >= 0.6 is 0 Å². The van der Waals surface area contributed by atoms with Crippen LogP contribution in [0.1, 0.15) is 25.3 Å². The van der Waals surface area contributed by atoms with Crippen LogP contribution in [0.2, 0.25) is 0 Å². The quantitative estimate of drug-likeness (QED) is 0.942. The van der Waals surface area contributed by atoms with E-state index in [1.807, 2.05) is 13.1 Å². The lowest BCUT2D eigenvalue weighted by atomic mass is 9.90. The summed E-state index contributed by atoms with van der Waals surface area (Å²) in [6, 6.07) is 6.17. The normalized spacial score (nSPS) is 22.2. The van der Waals surface area contributed by atoms with Crippen molar-refractivity contribution >= 4 is 5.97 Å². The van der Waals surface area contributed by atoms with Gasteiger partial charge in [0, 0.05) is 24.3 Å². The van der Waals surface area contributed by atoms with Gasteiger partial charge in [0.15, 0.2) is 0 Å². The molecule has 1 aromatic carbocycles. The van der Waals surface area contributed by atoms with Crippen molar-refractivity contribution in [1.82, 2.24) is 14.7 Å². The topological polar surface area (TPSA) is 58.4 Å². The minimum absolute atomic E-state index is 0.00965. The van der Waals surface area contributed by atoms with Crippen molar-refractivity contribution < 1.29 is 14.3 Å². The van der Waals surface area contributed by atoms with E-state index in [0.717, 1.165) is 30.6 Å². The lowest BCUT2D eigenvalue weighted by molar-refractivity contribution is -0.145. The van der Waals surface area contributed by atoms with Gasteiger partial charge >= 0.3 is 5.97 Å². The Balaban J connectivity index is 1.71. The first-order valence-electron chi connectivity index (χ1n) is 7.81. The molecular formula is C17H20FN3O2. The maximum Gasteiger partial charge on any atom is 0.308 e. The Labute approximate surface area is 134 Å². The second kappa shape index (κ2) is 6.50. The van der Waals surface area contributed by atoms with Gasteiger partial charge in [0.1, 0.15) is 5.82 Å². The molecule has 5 nitrogen and oxygen atoms in total. The highest BCUT2D eigenvalue weighted by Gasteiger charge is 2.32. The number of carboxylic acids is 1. The van der Waals surface area contributed by atoms with Crippen molar-refractivity contribution in [2.24, 2.45) is 5.92 Å². The summed E-state index contributed by atoms with van der Waals surface area (Å²) in [6.07, 6.45) is 5.32. The molecule has 3 rings (SSSR count). The first kappa shape index (κ1) is 15.7. The molecule has 0 aliphatic carbocycles. The van der Waals surface area contributed by atoms with E-state index in [1.165, 1.54) is 12.1 Å². The van der Waals surface area contributed by atoms with Gasteiger partial charge in [-0.2, -0.15) is 5.10 Å². The number of rotatable bonds is 4. The Morgan fingerprint density at radius 1 is 1.39 bits per heavy atom. The number of carbonyl (C=O) groups is 1. The van der Waals surface area contributed by atoms with E-state index in [-0.39, 0.29) is 17.8 Å². The zero-order chi connectivity index (χ0) is 16.4. The minimum Gasteiger partial charge on any atom is -0.481 e. The van der Waals surface area contributed by atoms with Gasteiger partial charge in [-0.3, -0.25) is 9.69 Å². The molecule has 0 amide bonds. The van der Waals surface area contributed by atoms with Crippen LogP contribution in [0.5, 0.6) is 0 Å². The molecule has 1 aliphatic rings. The average Bonchev–Trinajstić information content (AvgIpc) is 2.98. The summed E-state index contributed by atoms with van der Waals surface area (Å²) in [5.41, 5.74) is 1.82. The van der Waals surface area contributed by atoms with Gasteiger partial charge in [-0.05, 0) is 50.6 Å². The highest BCUT2D eigenvalue weighted by atomic mass is 19.1. The van der Waals surface area contributed by atoms with Crippen LogP contribution in [0.25, 0.3) is 5.69 Å². The Hall–Kier alpha value is -2.21. The van der Waals surface area contributed by atoms with Crippen molar-refractivity contribution in [2.75, 3.05) is 6.54 Å². The third-order valence-corrected chi connectivity index (χ3v) is 4.55. The smallest absolute Gasteiger partial charge is 0.308 e. The lowest BCUT2D eigenvalue weighted by Crippen LogP contribution is -2.45. The molecule has 0 bridgehead atoms. The number of hydrogen-bond acceptors (Lipinski definition) is 3. The molecule has 2 atom stereocenters. The fourth-order valence-corrected chi connectivity index (χ4v) is 3.18. The van der Waals surface area contributed by atoms with Crippen molar-refractivity contribution in [3.63, 3.8) is 0 Å². The predicted octanol–water partition coefficient (Wildman–Crippen LogP) is 2.70. The Bertz CT molecular complexity index is 683. The fraction of sp³-hybridized carbons (Fsp3) is 0.412. The second-order valence-corrected chi connectivity index (χ2v) is 6.07. The van der Waals surface area contributed by atoms with Gasteiger partial charge in [0.05, 0.1) is 17.8 Å². The molecule has 1 aromatic heterocycles. The molecular weight excluding hydrogens is 297 g/mol. The third kappa shape index (κ3) is 3.42. The van der Waals surface area contributed by atoms with E-state index < -0.39 is 5.97 Å². The number of nitrogens with zero attached hydrogens (tertiary/aromatic N) is 3. The van der Waals surface area contributed by atoms with Crippen LogP contribution < -0.4 is 0 Å². The zero-order valence-corrected chi connectivity index (χ0v) is 13.0. The molecule has 2 heterocycles. The first-order valence-corrected chi connectivity index (χ1v) is 7.81. The van der Waals surface area contributed by atoms with Gasteiger partial charge in [-0.25, -0.2) is 9.07 Å². The van der Waals surface area contributed by atoms with Crippen LogP contribution in [0, 0.1) is 11.7 Å².